The number of aryl methyl sites for hydroxylation is 1. The highest BCUT2D eigenvalue weighted by Gasteiger charge is 2.30. The third-order valence-electron chi connectivity index (χ3n) is 3.27. The molecule has 0 aliphatic carbocycles. The van der Waals surface area contributed by atoms with Crippen molar-refractivity contribution in [1.29, 1.82) is 0 Å². The summed E-state index contributed by atoms with van der Waals surface area (Å²) < 4.78 is 6.33. The second kappa shape index (κ2) is 7.27. The molecule has 1 aromatic rings. The van der Waals surface area contributed by atoms with Crippen molar-refractivity contribution in [3.8, 4) is 0 Å². The maximum Gasteiger partial charge on any atom is 0.329 e. The summed E-state index contributed by atoms with van der Waals surface area (Å²) >= 11 is 3.38. The van der Waals surface area contributed by atoms with Gasteiger partial charge in [-0.1, -0.05) is 22.9 Å². The van der Waals surface area contributed by atoms with Gasteiger partial charge in [-0.05, 0) is 57.9 Å². The van der Waals surface area contributed by atoms with Crippen molar-refractivity contribution in [3.63, 3.8) is 0 Å². The zero-order valence-corrected chi connectivity index (χ0v) is 15.7. The highest BCUT2D eigenvalue weighted by atomic mass is 79.9. The van der Waals surface area contributed by atoms with Crippen molar-refractivity contribution < 1.29 is 14.3 Å². The van der Waals surface area contributed by atoms with Gasteiger partial charge >= 0.3 is 5.97 Å². The van der Waals surface area contributed by atoms with Crippen LogP contribution >= 0.6 is 15.9 Å². The van der Waals surface area contributed by atoms with Gasteiger partial charge in [0.1, 0.15) is 11.6 Å². The third-order valence-corrected chi connectivity index (χ3v) is 3.77. The standard InChI is InChI=1S/C17H24BrNO3/c1-7-14(16(21)22-17(3,4)5)19(6)15(20)13-9-8-12(18)10-11(13)2/h8-10,14H,7H2,1-6H3/t14-/m0/s1. The second-order valence-electron chi connectivity index (χ2n) is 6.33. The quantitative estimate of drug-likeness (QED) is 0.754. The number of benzene rings is 1. The maximum absolute atomic E-state index is 12.7. The fourth-order valence-electron chi connectivity index (χ4n) is 2.17. The third kappa shape index (κ3) is 4.83. The van der Waals surface area contributed by atoms with Gasteiger partial charge in [0.2, 0.25) is 0 Å². The van der Waals surface area contributed by atoms with Crippen LogP contribution in [0, 0.1) is 6.92 Å². The first-order valence-electron chi connectivity index (χ1n) is 7.33. The molecule has 0 heterocycles. The molecule has 22 heavy (non-hydrogen) atoms. The predicted molar refractivity (Wildman–Crippen MR) is 90.9 cm³/mol. The molecule has 122 valence electrons. The second-order valence-corrected chi connectivity index (χ2v) is 7.25. The Morgan fingerprint density at radius 3 is 2.36 bits per heavy atom. The van der Waals surface area contributed by atoms with Gasteiger partial charge in [-0.3, -0.25) is 4.79 Å². The van der Waals surface area contributed by atoms with Crippen LogP contribution < -0.4 is 0 Å². The minimum atomic E-state index is -0.588. The summed E-state index contributed by atoms with van der Waals surface area (Å²) in [4.78, 5) is 26.4. The molecule has 4 nitrogen and oxygen atoms in total. The number of carbonyl (C=O) groups is 2. The average Bonchev–Trinajstić information content (AvgIpc) is 2.36. The topological polar surface area (TPSA) is 46.6 Å². The summed E-state index contributed by atoms with van der Waals surface area (Å²) in [5, 5.41) is 0. The van der Waals surface area contributed by atoms with Crippen molar-refractivity contribution in [3.05, 3.63) is 33.8 Å². The van der Waals surface area contributed by atoms with Gasteiger partial charge in [-0.15, -0.1) is 0 Å². The lowest BCUT2D eigenvalue weighted by Gasteiger charge is -2.29. The molecule has 0 bridgehead atoms. The van der Waals surface area contributed by atoms with Crippen LogP contribution in [0.15, 0.2) is 22.7 Å². The highest BCUT2D eigenvalue weighted by Crippen LogP contribution is 2.19. The van der Waals surface area contributed by atoms with Crippen molar-refractivity contribution in [1.82, 2.24) is 4.90 Å². The fraction of sp³-hybridized carbons (Fsp3) is 0.529. The molecule has 0 saturated carbocycles. The Kier molecular flexibility index (Phi) is 6.17. The van der Waals surface area contributed by atoms with Gasteiger partial charge in [0.25, 0.3) is 5.91 Å². The smallest absolute Gasteiger partial charge is 0.329 e. The summed E-state index contributed by atoms with van der Waals surface area (Å²) in [5.74, 6) is -0.552. The van der Waals surface area contributed by atoms with Crippen molar-refractivity contribution in [2.45, 2.75) is 52.7 Å². The molecule has 0 fully saturated rings. The highest BCUT2D eigenvalue weighted by molar-refractivity contribution is 9.10. The normalized spacial score (nSPS) is 12.7. The lowest BCUT2D eigenvalue weighted by molar-refractivity contribution is -0.160. The molecule has 0 unspecified atom stereocenters. The summed E-state index contributed by atoms with van der Waals surface area (Å²) in [6.07, 6.45) is 0.507. The molecule has 1 aromatic carbocycles. The van der Waals surface area contributed by atoms with E-state index in [1.54, 1.807) is 13.1 Å². The number of hydrogen-bond donors (Lipinski definition) is 0. The molecular formula is C17H24BrNO3. The molecule has 1 rings (SSSR count). The summed E-state index contributed by atoms with van der Waals surface area (Å²) in [5.41, 5.74) is 0.889. The minimum absolute atomic E-state index is 0.178. The Labute approximate surface area is 141 Å². The molecule has 0 radical (unpaired) electrons. The maximum atomic E-state index is 12.7. The number of esters is 1. The number of carbonyl (C=O) groups excluding carboxylic acids is 2. The number of nitrogens with zero attached hydrogens (tertiary/aromatic N) is 1. The Balaban J connectivity index is 2.98. The zero-order chi connectivity index (χ0) is 17.1. The monoisotopic (exact) mass is 369 g/mol. The largest absolute Gasteiger partial charge is 0.458 e. The minimum Gasteiger partial charge on any atom is -0.458 e. The molecule has 0 N–H and O–H groups in total. The summed E-state index contributed by atoms with van der Waals surface area (Å²) in [6.45, 7) is 9.20. The van der Waals surface area contributed by atoms with Crippen molar-refractivity contribution >= 4 is 27.8 Å². The summed E-state index contributed by atoms with van der Waals surface area (Å²) in [6, 6.07) is 4.88. The van der Waals surface area contributed by atoms with Crippen LogP contribution in [0.25, 0.3) is 0 Å². The SMILES string of the molecule is CC[C@@H](C(=O)OC(C)(C)C)N(C)C(=O)c1ccc(Br)cc1C. The van der Waals surface area contributed by atoms with E-state index in [4.69, 9.17) is 4.74 Å². The van der Waals surface area contributed by atoms with E-state index in [0.717, 1.165) is 10.0 Å². The molecule has 0 aliphatic heterocycles. The fourth-order valence-corrected chi connectivity index (χ4v) is 2.64. The average molecular weight is 370 g/mol. The van der Waals surface area contributed by atoms with Gasteiger partial charge in [0.05, 0.1) is 0 Å². The van der Waals surface area contributed by atoms with Gasteiger partial charge < -0.3 is 9.64 Å². The van der Waals surface area contributed by atoms with Gasteiger partial charge in [0.15, 0.2) is 0 Å². The van der Waals surface area contributed by atoms with E-state index in [1.807, 2.05) is 46.8 Å². The van der Waals surface area contributed by atoms with Crippen LogP contribution in [-0.2, 0) is 9.53 Å². The number of hydrogen-bond acceptors (Lipinski definition) is 3. The van der Waals surface area contributed by atoms with E-state index in [9.17, 15) is 9.59 Å². The van der Waals surface area contributed by atoms with Crippen LogP contribution in [0.5, 0.6) is 0 Å². The molecule has 0 saturated heterocycles. The van der Waals surface area contributed by atoms with Crippen molar-refractivity contribution in [2.24, 2.45) is 0 Å². The zero-order valence-electron chi connectivity index (χ0n) is 14.1. The first-order chi connectivity index (χ1) is 10.1. The predicted octanol–water partition coefficient (Wildman–Crippen LogP) is 3.95. The molecule has 1 amide bonds. The molecule has 1 atom stereocenters. The Morgan fingerprint density at radius 1 is 1.32 bits per heavy atom. The number of rotatable bonds is 4. The summed E-state index contributed by atoms with van der Waals surface area (Å²) in [7, 11) is 1.64. The first-order valence-corrected chi connectivity index (χ1v) is 8.12. The number of amides is 1. The lowest BCUT2D eigenvalue weighted by Crippen LogP contribution is -2.45. The van der Waals surface area contributed by atoms with E-state index < -0.39 is 11.6 Å². The van der Waals surface area contributed by atoms with E-state index in [2.05, 4.69) is 15.9 Å². The van der Waals surface area contributed by atoms with Crippen molar-refractivity contribution in [2.75, 3.05) is 7.05 Å². The molecule has 0 aliphatic rings. The molecule has 0 aromatic heterocycles. The van der Waals surface area contributed by atoms with Crippen LogP contribution in [0.4, 0.5) is 0 Å². The van der Waals surface area contributed by atoms with Gasteiger partial charge in [-0.25, -0.2) is 4.79 Å². The van der Waals surface area contributed by atoms with Crippen LogP contribution in [-0.4, -0.2) is 35.5 Å². The van der Waals surface area contributed by atoms with Crippen LogP contribution in [0.2, 0.25) is 0 Å². The number of ether oxygens (including phenoxy) is 1. The Morgan fingerprint density at radius 2 is 1.91 bits per heavy atom. The van der Waals surface area contributed by atoms with E-state index in [0.29, 0.717) is 12.0 Å². The number of halogens is 1. The Hall–Kier alpha value is -1.36. The lowest BCUT2D eigenvalue weighted by atomic mass is 10.1. The first kappa shape index (κ1) is 18.7. The van der Waals surface area contributed by atoms with Gasteiger partial charge in [-0.2, -0.15) is 0 Å². The number of likely N-dealkylation sites (N-methyl/N-ethyl adjacent to an activating group) is 1. The molecule has 5 heteroatoms. The van der Waals surface area contributed by atoms with Crippen LogP contribution in [0.1, 0.15) is 50.0 Å². The van der Waals surface area contributed by atoms with Crippen LogP contribution in [0.3, 0.4) is 0 Å². The molecular weight excluding hydrogens is 346 g/mol. The molecule has 0 spiro atoms. The van der Waals surface area contributed by atoms with E-state index in [1.165, 1.54) is 4.90 Å². The van der Waals surface area contributed by atoms with Gasteiger partial charge in [0, 0.05) is 17.1 Å². The van der Waals surface area contributed by atoms with E-state index in [-0.39, 0.29) is 11.9 Å². The Bertz CT molecular complexity index is 564. The van der Waals surface area contributed by atoms with E-state index >= 15 is 0 Å².